The van der Waals surface area contributed by atoms with E-state index in [9.17, 15) is 0 Å². The summed E-state index contributed by atoms with van der Waals surface area (Å²) in [5, 5.41) is 3.59. The molecule has 1 atom stereocenters. The molecule has 0 saturated heterocycles. The summed E-state index contributed by atoms with van der Waals surface area (Å²) in [4.78, 5) is 7.01. The first-order chi connectivity index (χ1) is 9.65. The van der Waals surface area contributed by atoms with Crippen LogP contribution in [0.25, 0.3) is 4.96 Å². The standard InChI is InChI=1S/C16H19N3S/c1-11-10-19-15(13(3)18-16(19)20-11)9-17-12(2)14-7-5-4-6-8-14/h4-8,10,12,17H,9H2,1-3H3/t12-/m0/s1. The number of benzene rings is 1. The van der Waals surface area contributed by atoms with Crippen LogP contribution >= 0.6 is 11.3 Å². The van der Waals surface area contributed by atoms with Gasteiger partial charge in [-0.25, -0.2) is 4.98 Å². The Labute approximate surface area is 123 Å². The molecule has 0 bridgehead atoms. The predicted octanol–water partition coefficient (Wildman–Crippen LogP) is 3.86. The maximum absolute atomic E-state index is 4.63. The van der Waals surface area contributed by atoms with Crippen LogP contribution in [0.2, 0.25) is 0 Å². The van der Waals surface area contributed by atoms with E-state index in [0.29, 0.717) is 6.04 Å². The summed E-state index contributed by atoms with van der Waals surface area (Å²) in [6, 6.07) is 10.9. The van der Waals surface area contributed by atoms with Gasteiger partial charge in [0.15, 0.2) is 4.96 Å². The molecular formula is C16H19N3S. The molecule has 0 spiro atoms. The van der Waals surface area contributed by atoms with E-state index >= 15 is 0 Å². The van der Waals surface area contributed by atoms with Gasteiger partial charge in [-0.1, -0.05) is 30.3 Å². The lowest BCUT2D eigenvalue weighted by atomic mass is 10.1. The number of imidazole rings is 1. The van der Waals surface area contributed by atoms with Gasteiger partial charge in [-0.05, 0) is 26.3 Å². The molecule has 1 N–H and O–H groups in total. The van der Waals surface area contributed by atoms with Crippen molar-refractivity contribution in [2.75, 3.05) is 0 Å². The van der Waals surface area contributed by atoms with E-state index in [2.05, 4.69) is 72.0 Å². The normalized spacial score (nSPS) is 12.9. The smallest absolute Gasteiger partial charge is 0.194 e. The first-order valence-electron chi connectivity index (χ1n) is 6.87. The Morgan fingerprint density at radius 2 is 2.00 bits per heavy atom. The number of aromatic nitrogens is 2. The van der Waals surface area contributed by atoms with Gasteiger partial charge in [0.1, 0.15) is 0 Å². The van der Waals surface area contributed by atoms with Crippen LogP contribution in [-0.2, 0) is 6.54 Å². The molecular weight excluding hydrogens is 266 g/mol. The fourth-order valence-electron chi connectivity index (χ4n) is 2.43. The zero-order chi connectivity index (χ0) is 14.1. The molecule has 1 aromatic carbocycles. The largest absolute Gasteiger partial charge is 0.305 e. The fourth-order valence-corrected chi connectivity index (χ4v) is 3.32. The third kappa shape index (κ3) is 2.49. The number of nitrogens with zero attached hydrogens (tertiary/aromatic N) is 2. The van der Waals surface area contributed by atoms with E-state index in [1.165, 1.54) is 16.1 Å². The topological polar surface area (TPSA) is 29.3 Å². The van der Waals surface area contributed by atoms with Crippen LogP contribution in [0.5, 0.6) is 0 Å². The van der Waals surface area contributed by atoms with Gasteiger partial charge >= 0.3 is 0 Å². The number of nitrogens with one attached hydrogen (secondary N) is 1. The monoisotopic (exact) mass is 285 g/mol. The second kappa shape index (κ2) is 5.38. The Morgan fingerprint density at radius 1 is 1.25 bits per heavy atom. The molecule has 0 amide bonds. The summed E-state index contributed by atoms with van der Waals surface area (Å²) >= 11 is 1.74. The van der Waals surface area contributed by atoms with Crippen molar-refractivity contribution < 1.29 is 0 Å². The number of hydrogen-bond acceptors (Lipinski definition) is 3. The first-order valence-corrected chi connectivity index (χ1v) is 7.69. The second-order valence-corrected chi connectivity index (χ2v) is 6.36. The average Bonchev–Trinajstić information content (AvgIpc) is 2.92. The molecule has 0 saturated carbocycles. The van der Waals surface area contributed by atoms with Crippen molar-refractivity contribution in [1.29, 1.82) is 0 Å². The SMILES string of the molecule is Cc1cn2c(CN[C@@H](C)c3ccccc3)c(C)nc2s1. The quantitative estimate of drug-likeness (QED) is 0.788. The minimum absolute atomic E-state index is 0.334. The lowest BCUT2D eigenvalue weighted by molar-refractivity contribution is 0.564. The van der Waals surface area contributed by atoms with E-state index in [0.717, 1.165) is 17.2 Å². The highest BCUT2D eigenvalue weighted by Crippen LogP contribution is 2.21. The Morgan fingerprint density at radius 3 is 2.75 bits per heavy atom. The molecule has 0 fully saturated rings. The third-order valence-corrected chi connectivity index (χ3v) is 4.51. The van der Waals surface area contributed by atoms with Gasteiger partial charge in [-0.15, -0.1) is 11.3 Å². The highest BCUT2D eigenvalue weighted by atomic mass is 32.1. The molecule has 20 heavy (non-hydrogen) atoms. The summed E-state index contributed by atoms with van der Waals surface area (Å²) < 4.78 is 2.21. The van der Waals surface area contributed by atoms with Gasteiger partial charge in [-0.3, -0.25) is 4.40 Å². The molecule has 0 aliphatic heterocycles. The summed E-state index contributed by atoms with van der Waals surface area (Å²) in [5.74, 6) is 0. The van der Waals surface area contributed by atoms with Crippen molar-refractivity contribution in [3.63, 3.8) is 0 Å². The second-order valence-electron chi connectivity index (χ2n) is 5.15. The fraction of sp³-hybridized carbons (Fsp3) is 0.312. The molecule has 2 heterocycles. The number of hydrogen-bond donors (Lipinski definition) is 1. The highest BCUT2D eigenvalue weighted by molar-refractivity contribution is 7.17. The van der Waals surface area contributed by atoms with Crippen molar-refractivity contribution in [3.8, 4) is 0 Å². The Bertz CT molecular complexity index is 712. The first kappa shape index (κ1) is 13.3. The Balaban J connectivity index is 1.78. The van der Waals surface area contributed by atoms with Crippen LogP contribution < -0.4 is 5.32 Å². The zero-order valence-electron chi connectivity index (χ0n) is 12.1. The number of thiazole rings is 1. The van der Waals surface area contributed by atoms with Gasteiger partial charge in [0, 0.05) is 23.7 Å². The van der Waals surface area contributed by atoms with E-state index in [1.54, 1.807) is 11.3 Å². The van der Waals surface area contributed by atoms with Crippen LogP contribution in [0.3, 0.4) is 0 Å². The van der Waals surface area contributed by atoms with E-state index in [-0.39, 0.29) is 0 Å². The summed E-state index contributed by atoms with van der Waals surface area (Å²) in [6.07, 6.45) is 2.17. The van der Waals surface area contributed by atoms with Crippen LogP contribution in [0.1, 0.15) is 34.8 Å². The van der Waals surface area contributed by atoms with Crippen LogP contribution in [0.15, 0.2) is 36.5 Å². The van der Waals surface area contributed by atoms with Crippen LogP contribution in [0, 0.1) is 13.8 Å². The number of rotatable bonds is 4. The number of fused-ring (bicyclic) bond motifs is 1. The van der Waals surface area contributed by atoms with Gasteiger partial charge in [0.25, 0.3) is 0 Å². The minimum Gasteiger partial charge on any atom is -0.305 e. The maximum Gasteiger partial charge on any atom is 0.194 e. The zero-order valence-corrected chi connectivity index (χ0v) is 12.9. The molecule has 0 radical (unpaired) electrons. The van der Waals surface area contributed by atoms with Crippen LogP contribution in [-0.4, -0.2) is 9.38 Å². The lowest BCUT2D eigenvalue weighted by Gasteiger charge is -2.14. The van der Waals surface area contributed by atoms with Crippen molar-refractivity contribution in [2.45, 2.75) is 33.4 Å². The molecule has 0 aliphatic rings. The lowest BCUT2D eigenvalue weighted by Crippen LogP contribution is -2.19. The summed E-state index contributed by atoms with van der Waals surface area (Å²) in [6.45, 7) is 7.23. The molecule has 0 unspecified atom stereocenters. The van der Waals surface area contributed by atoms with Gasteiger partial charge < -0.3 is 5.32 Å². The van der Waals surface area contributed by atoms with Gasteiger partial charge in [-0.2, -0.15) is 0 Å². The Hall–Kier alpha value is -1.65. The Kier molecular flexibility index (Phi) is 3.59. The maximum atomic E-state index is 4.63. The molecule has 3 rings (SSSR count). The molecule has 4 heteroatoms. The van der Waals surface area contributed by atoms with Gasteiger partial charge in [0.05, 0.1) is 11.4 Å². The van der Waals surface area contributed by atoms with Crippen molar-refractivity contribution in [3.05, 3.63) is 58.4 Å². The third-order valence-electron chi connectivity index (χ3n) is 3.62. The highest BCUT2D eigenvalue weighted by Gasteiger charge is 2.12. The van der Waals surface area contributed by atoms with E-state index < -0.39 is 0 Å². The van der Waals surface area contributed by atoms with Gasteiger partial charge in [0.2, 0.25) is 0 Å². The molecule has 2 aromatic heterocycles. The summed E-state index contributed by atoms with van der Waals surface area (Å²) in [7, 11) is 0. The molecule has 3 aromatic rings. The number of aryl methyl sites for hydroxylation is 2. The van der Waals surface area contributed by atoms with Crippen molar-refractivity contribution in [2.24, 2.45) is 0 Å². The predicted molar refractivity (Wildman–Crippen MR) is 84.2 cm³/mol. The van der Waals surface area contributed by atoms with E-state index in [4.69, 9.17) is 0 Å². The van der Waals surface area contributed by atoms with Crippen molar-refractivity contribution in [1.82, 2.24) is 14.7 Å². The average molecular weight is 285 g/mol. The van der Waals surface area contributed by atoms with Crippen molar-refractivity contribution >= 4 is 16.3 Å². The summed E-state index contributed by atoms with van der Waals surface area (Å²) in [5.41, 5.74) is 3.68. The molecule has 3 nitrogen and oxygen atoms in total. The molecule has 0 aliphatic carbocycles. The molecule has 104 valence electrons. The minimum atomic E-state index is 0.334. The van der Waals surface area contributed by atoms with E-state index in [1.807, 2.05) is 0 Å². The van der Waals surface area contributed by atoms with Crippen LogP contribution in [0.4, 0.5) is 0 Å².